The second-order valence-corrected chi connectivity index (χ2v) is 3.31. The summed E-state index contributed by atoms with van der Waals surface area (Å²) < 4.78 is 39.4. The van der Waals surface area contributed by atoms with Gasteiger partial charge in [-0.3, -0.25) is 4.79 Å². The number of hydrogen-bond donors (Lipinski definition) is 0. The molecule has 0 fully saturated rings. The Kier molecular flexibility index (Phi) is 2.74. The van der Waals surface area contributed by atoms with Crippen LogP contribution in [0.15, 0.2) is 29.3 Å². The van der Waals surface area contributed by atoms with E-state index in [1.165, 1.54) is 35.5 Å². The van der Waals surface area contributed by atoms with Crippen LogP contribution in [-0.4, -0.2) is 25.2 Å². The van der Waals surface area contributed by atoms with E-state index in [1.54, 1.807) is 0 Å². The number of halogens is 3. The van der Waals surface area contributed by atoms with Gasteiger partial charge in [-0.15, -0.1) is 13.2 Å². The summed E-state index contributed by atoms with van der Waals surface area (Å²) in [6.07, 6.45) is -3.37. The molecule has 0 atom stereocenters. The van der Waals surface area contributed by atoms with Crippen LogP contribution in [0.2, 0.25) is 0 Å². The van der Waals surface area contributed by atoms with Crippen LogP contribution >= 0.6 is 0 Å². The zero-order valence-electron chi connectivity index (χ0n) is 8.44. The summed E-state index contributed by atoms with van der Waals surface area (Å²) in [6, 6.07) is 5.20. The molecule has 4 nitrogen and oxygen atoms in total. The van der Waals surface area contributed by atoms with Crippen LogP contribution in [0.3, 0.4) is 0 Å². The number of nitrogens with zero attached hydrogens (tertiary/aromatic N) is 2. The van der Waals surface area contributed by atoms with Crippen LogP contribution in [0.25, 0.3) is 0 Å². The minimum atomic E-state index is -4.70. The molecule has 0 saturated carbocycles. The van der Waals surface area contributed by atoms with E-state index >= 15 is 0 Å². The summed E-state index contributed by atoms with van der Waals surface area (Å²) in [7, 11) is 0. The van der Waals surface area contributed by atoms with E-state index < -0.39 is 6.36 Å². The standard InChI is InChI=1S/C10H7F3N2O2/c11-10(12,13)17-8-3-1-7(2-4-8)15-5-9(16)14-6-15/h1-4,6H,5H2. The number of ether oxygens (including phenoxy) is 1. The summed E-state index contributed by atoms with van der Waals surface area (Å²) in [5.74, 6) is -0.593. The maximum atomic E-state index is 11.9. The molecular weight excluding hydrogens is 237 g/mol. The minimum Gasteiger partial charge on any atom is -0.406 e. The number of carbonyl (C=O) groups excluding carboxylic acids is 1. The van der Waals surface area contributed by atoms with Crippen LogP contribution in [0.1, 0.15) is 0 Å². The monoisotopic (exact) mass is 244 g/mol. The second kappa shape index (κ2) is 4.08. The van der Waals surface area contributed by atoms with E-state index in [2.05, 4.69) is 9.73 Å². The fourth-order valence-electron chi connectivity index (χ4n) is 1.36. The van der Waals surface area contributed by atoms with Gasteiger partial charge < -0.3 is 9.64 Å². The maximum absolute atomic E-state index is 11.9. The predicted octanol–water partition coefficient (Wildman–Crippen LogP) is 1.96. The Hall–Kier alpha value is -2.05. The topological polar surface area (TPSA) is 41.9 Å². The lowest BCUT2D eigenvalue weighted by molar-refractivity contribution is -0.274. The van der Waals surface area contributed by atoms with Crippen LogP contribution in [0, 0.1) is 0 Å². The fourth-order valence-corrected chi connectivity index (χ4v) is 1.36. The van der Waals surface area contributed by atoms with Gasteiger partial charge in [0.15, 0.2) is 0 Å². The molecule has 2 rings (SSSR count). The summed E-state index contributed by atoms with van der Waals surface area (Å²) >= 11 is 0. The van der Waals surface area contributed by atoms with Crippen molar-refractivity contribution >= 4 is 17.9 Å². The highest BCUT2D eigenvalue weighted by Gasteiger charge is 2.31. The smallest absolute Gasteiger partial charge is 0.406 e. The molecular formula is C10H7F3N2O2. The van der Waals surface area contributed by atoms with Crippen molar-refractivity contribution in [3.63, 3.8) is 0 Å². The van der Waals surface area contributed by atoms with Gasteiger partial charge in [0, 0.05) is 5.69 Å². The Morgan fingerprint density at radius 3 is 2.35 bits per heavy atom. The molecule has 0 N–H and O–H groups in total. The van der Waals surface area contributed by atoms with Crippen molar-refractivity contribution in [2.75, 3.05) is 11.4 Å². The van der Waals surface area contributed by atoms with Gasteiger partial charge in [-0.05, 0) is 24.3 Å². The highest BCUT2D eigenvalue weighted by molar-refractivity contribution is 6.01. The molecule has 17 heavy (non-hydrogen) atoms. The fraction of sp³-hybridized carbons (Fsp3) is 0.200. The number of benzene rings is 1. The van der Waals surface area contributed by atoms with E-state index in [0.29, 0.717) is 5.69 Å². The zero-order chi connectivity index (χ0) is 12.5. The largest absolute Gasteiger partial charge is 0.573 e. The first kappa shape index (κ1) is 11.4. The molecule has 1 aliphatic rings. The number of aliphatic imine (C=N–C) groups is 1. The van der Waals surface area contributed by atoms with E-state index in [0.717, 1.165) is 0 Å². The van der Waals surface area contributed by atoms with Crippen molar-refractivity contribution in [2.24, 2.45) is 4.99 Å². The van der Waals surface area contributed by atoms with E-state index in [-0.39, 0.29) is 18.2 Å². The van der Waals surface area contributed by atoms with Crippen molar-refractivity contribution in [2.45, 2.75) is 6.36 Å². The van der Waals surface area contributed by atoms with Crippen molar-refractivity contribution < 1.29 is 22.7 Å². The van der Waals surface area contributed by atoms with Crippen LogP contribution in [-0.2, 0) is 4.79 Å². The molecule has 1 amide bonds. The quantitative estimate of drug-likeness (QED) is 0.798. The summed E-state index contributed by atoms with van der Waals surface area (Å²) in [6.45, 7) is 0.0967. The Balaban J connectivity index is 2.08. The molecule has 0 bridgehead atoms. The molecule has 1 aromatic rings. The molecule has 7 heteroatoms. The zero-order valence-corrected chi connectivity index (χ0v) is 8.44. The van der Waals surface area contributed by atoms with Crippen LogP contribution in [0.4, 0.5) is 18.9 Å². The first-order valence-corrected chi connectivity index (χ1v) is 4.63. The Labute approximate surface area is 94.3 Å². The Morgan fingerprint density at radius 2 is 1.88 bits per heavy atom. The van der Waals surface area contributed by atoms with Gasteiger partial charge in [-0.2, -0.15) is 0 Å². The molecule has 0 aliphatic carbocycles. The Morgan fingerprint density at radius 1 is 1.24 bits per heavy atom. The maximum Gasteiger partial charge on any atom is 0.573 e. The lowest BCUT2D eigenvalue weighted by Crippen LogP contribution is -2.20. The van der Waals surface area contributed by atoms with Gasteiger partial charge in [0.1, 0.15) is 12.3 Å². The van der Waals surface area contributed by atoms with E-state index in [9.17, 15) is 18.0 Å². The normalized spacial score (nSPS) is 15.5. The number of hydrogen-bond acceptors (Lipinski definition) is 3. The molecule has 1 aromatic carbocycles. The van der Waals surface area contributed by atoms with E-state index in [4.69, 9.17) is 0 Å². The third-order valence-electron chi connectivity index (χ3n) is 2.05. The highest BCUT2D eigenvalue weighted by atomic mass is 19.4. The molecule has 0 saturated heterocycles. The van der Waals surface area contributed by atoms with Gasteiger partial charge in [-0.25, -0.2) is 4.99 Å². The summed E-state index contributed by atoms with van der Waals surface area (Å²) in [4.78, 5) is 15.9. The summed E-state index contributed by atoms with van der Waals surface area (Å²) in [5.41, 5.74) is 0.578. The van der Waals surface area contributed by atoms with Crippen molar-refractivity contribution in [1.29, 1.82) is 0 Å². The van der Waals surface area contributed by atoms with Gasteiger partial charge in [0.2, 0.25) is 0 Å². The Bertz CT molecular complexity index is 454. The summed E-state index contributed by atoms with van der Waals surface area (Å²) in [5, 5.41) is 0. The van der Waals surface area contributed by atoms with Gasteiger partial charge in [-0.1, -0.05) is 0 Å². The lowest BCUT2D eigenvalue weighted by atomic mass is 10.3. The van der Waals surface area contributed by atoms with Gasteiger partial charge in [0.25, 0.3) is 5.91 Å². The number of anilines is 1. The van der Waals surface area contributed by atoms with Gasteiger partial charge in [0.05, 0.1) is 6.34 Å². The number of rotatable bonds is 2. The third-order valence-corrected chi connectivity index (χ3v) is 2.05. The molecule has 1 aliphatic heterocycles. The first-order chi connectivity index (χ1) is 7.94. The third kappa shape index (κ3) is 2.96. The number of alkyl halides is 3. The van der Waals surface area contributed by atoms with Crippen LogP contribution < -0.4 is 9.64 Å². The average molecular weight is 244 g/mol. The first-order valence-electron chi connectivity index (χ1n) is 4.63. The predicted molar refractivity (Wildman–Crippen MR) is 54.0 cm³/mol. The molecule has 1 heterocycles. The minimum absolute atomic E-state index is 0.0967. The number of amides is 1. The molecule has 0 radical (unpaired) electrons. The van der Waals surface area contributed by atoms with Gasteiger partial charge >= 0.3 is 6.36 Å². The molecule has 0 unspecified atom stereocenters. The van der Waals surface area contributed by atoms with Crippen molar-refractivity contribution in [1.82, 2.24) is 0 Å². The molecule has 0 spiro atoms. The molecule has 90 valence electrons. The highest BCUT2D eigenvalue weighted by Crippen LogP contribution is 2.25. The van der Waals surface area contributed by atoms with E-state index in [1.807, 2.05) is 0 Å². The average Bonchev–Trinajstić information content (AvgIpc) is 2.63. The SMILES string of the molecule is O=C1CN(c2ccc(OC(F)(F)F)cc2)C=N1. The van der Waals surface area contributed by atoms with Crippen LogP contribution in [0.5, 0.6) is 5.75 Å². The van der Waals surface area contributed by atoms with Crippen molar-refractivity contribution in [3.05, 3.63) is 24.3 Å². The second-order valence-electron chi connectivity index (χ2n) is 3.31. The number of carbonyl (C=O) groups is 1. The molecule has 0 aromatic heterocycles. The lowest BCUT2D eigenvalue weighted by Gasteiger charge is -2.14. The van der Waals surface area contributed by atoms with Crippen molar-refractivity contribution in [3.8, 4) is 5.75 Å².